The Balaban J connectivity index is 1.76. The van der Waals surface area contributed by atoms with E-state index in [1.165, 1.54) is 12.1 Å². The van der Waals surface area contributed by atoms with Crippen LogP contribution in [-0.2, 0) is 4.79 Å². The van der Waals surface area contributed by atoms with Gasteiger partial charge in [0.05, 0.1) is 5.69 Å². The summed E-state index contributed by atoms with van der Waals surface area (Å²) in [6, 6.07) is 8.13. The maximum absolute atomic E-state index is 13.1. The smallest absolute Gasteiger partial charge is 0.481 e. The number of alkyl halides is 2. The summed E-state index contributed by atoms with van der Waals surface area (Å²) in [5.74, 6) is 0.341. The van der Waals surface area contributed by atoms with Crippen LogP contribution in [0.25, 0.3) is 11.1 Å². The lowest BCUT2D eigenvalue weighted by Gasteiger charge is -2.21. The van der Waals surface area contributed by atoms with Crippen molar-refractivity contribution in [3.8, 4) is 28.4 Å². The van der Waals surface area contributed by atoms with E-state index in [1.54, 1.807) is 12.1 Å². The summed E-state index contributed by atoms with van der Waals surface area (Å²) in [5.41, 5.74) is 2.80. The van der Waals surface area contributed by atoms with Gasteiger partial charge in [-0.2, -0.15) is 0 Å². The number of ether oxygens (including phenoxy) is 3. The highest BCUT2D eigenvalue weighted by Crippen LogP contribution is 2.44. The molecule has 0 spiro atoms. The monoisotopic (exact) mass is 319 g/mol. The number of anilines is 1. The minimum absolute atomic E-state index is 0.00920. The van der Waals surface area contributed by atoms with Crippen molar-refractivity contribution in [2.75, 3.05) is 11.9 Å². The molecule has 0 fully saturated rings. The van der Waals surface area contributed by atoms with E-state index in [4.69, 9.17) is 4.74 Å². The molecule has 23 heavy (non-hydrogen) atoms. The summed E-state index contributed by atoms with van der Waals surface area (Å²) in [7, 11) is 0. The topological polar surface area (TPSA) is 56.8 Å². The van der Waals surface area contributed by atoms with E-state index in [9.17, 15) is 13.6 Å². The molecule has 0 unspecified atom stereocenters. The number of amides is 1. The number of carbonyl (C=O) groups excluding carboxylic acids is 1. The van der Waals surface area contributed by atoms with E-state index in [2.05, 4.69) is 14.8 Å². The number of halogens is 2. The van der Waals surface area contributed by atoms with Crippen LogP contribution in [0.1, 0.15) is 5.56 Å². The highest BCUT2D eigenvalue weighted by molar-refractivity contribution is 5.96. The molecular formula is C16H11F2NO4. The van der Waals surface area contributed by atoms with Crippen molar-refractivity contribution >= 4 is 11.6 Å². The van der Waals surface area contributed by atoms with Crippen LogP contribution in [0.4, 0.5) is 14.5 Å². The largest absolute Gasteiger partial charge is 0.586 e. The van der Waals surface area contributed by atoms with Crippen LogP contribution in [0.3, 0.4) is 0 Å². The van der Waals surface area contributed by atoms with Crippen LogP contribution in [-0.4, -0.2) is 18.8 Å². The van der Waals surface area contributed by atoms with Gasteiger partial charge in [0.25, 0.3) is 5.91 Å². The zero-order valence-electron chi connectivity index (χ0n) is 12.0. The van der Waals surface area contributed by atoms with E-state index < -0.39 is 6.29 Å². The summed E-state index contributed by atoms with van der Waals surface area (Å²) in [6.45, 7) is 1.83. The van der Waals surface area contributed by atoms with Crippen molar-refractivity contribution in [2.45, 2.75) is 13.2 Å². The fraction of sp³-hybridized carbons (Fsp3) is 0.188. The van der Waals surface area contributed by atoms with Gasteiger partial charge < -0.3 is 19.5 Å². The first kappa shape index (κ1) is 13.8. The number of carbonyl (C=O) groups is 1. The van der Waals surface area contributed by atoms with Gasteiger partial charge in [0.2, 0.25) is 0 Å². The number of hydrogen-bond acceptors (Lipinski definition) is 4. The Bertz CT molecular complexity index is 835. The van der Waals surface area contributed by atoms with Gasteiger partial charge in [-0.3, -0.25) is 4.79 Å². The lowest BCUT2D eigenvalue weighted by Crippen LogP contribution is -2.26. The van der Waals surface area contributed by atoms with Crippen LogP contribution in [0, 0.1) is 6.92 Å². The molecule has 2 aliphatic heterocycles. The molecule has 2 aliphatic rings. The molecule has 0 saturated carbocycles. The third-order valence-electron chi connectivity index (χ3n) is 3.63. The van der Waals surface area contributed by atoms with Crippen LogP contribution in [0.5, 0.6) is 17.2 Å². The Hall–Kier alpha value is -2.83. The average Bonchev–Trinajstić information content (AvgIpc) is 2.79. The van der Waals surface area contributed by atoms with E-state index in [0.717, 1.165) is 11.1 Å². The number of aryl methyl sites for hydroxylation is 1. The van der Waals surface area contributed by atoms with Crippen LogP contribution >= 0.6 is 0 Å². The number of nitrogens with one attached hydrogen (secondary N) is 1. The second-order valence-electron chi connectivity index (χ2n) is 5.34. The highest BCUT2D eigenvalue weighted by atomic mass is 19.3. The molecule has 7 heteroatoms. The standard InChI is InChI=1S/C16H11F2NO4/c1-8-4-10(5-11-15(8)21-7-14(20)19-11)9-2-3-12-13(6-9)23-16(17,18)22-12/h2-6H,7H2,1H3,(H,19,20). The molecule has 2 aromatic carbocycles. The van der Waals surface area contributed by atoms with Gasteiger partial charge in [0.1, 0.15) is 5.75 Å². The van der Waals surface area contributed by atoms with E-state index in [0.29, 0.717) is 17.0 Å². The predicted molar refractivity (Wildman–Crippen MR) is 76.9 cm³/mol. The molecule has 0 atom stereocenters. The van der Waals surface area contributed by atoms with Gasteiger partial charge in [0, 0.05) is 0 Å². The van der Waals surface area contributed by atoms with E-state index >= 15 is 0 Å². The Kier molecular flexibility index (Phi) is 2.75. The third kappa shape index (κ3) is 2.34. The molecule has 2 aromatic rings. The SMILES string of the molecule is Cc1cc(-c2ccc3c(c2)OC(F)(F)O3)cc2c1OCC(=O)N2. The van der Waals surface area contributed by atoms with Crippen molar-refractivity contribution in [3.05, 3.63) is 35.9 Å². The molecular weight excluding hydrogens is 308 g/mol. The van der Waals surface area contributed by atoms with E-state index in [1.807, 2.05) is 13.0 Å². The maximum atomic E-state index is 13.1. The summed E-state index contributed by atoms with van der Waals surface area (Å²) >= 11 is 0. The van der Waals surface area contributed by atoms with Crippen molar-refractivity contribution in [1.82, 2.24) is 0 Å². The molecule has 1 amide bonds. The minimum Gasteiger partial charge on any atom is -0.481 e. The minimum atomic E-state index is -3.64. The van der Waals surface area contributed by atoms with Gasteiger partial charge in [0.15, 0.2) is 18.1 Å². The molecule has 2 heterocycles. The summed E-state index contributed by atoms with van der Waals surface area (Å²) in [6.07, 6.45) is -3.64. The first-order chi connectivity index (χ1) is 10.9. The Morgan fingerprint density at radius 2 is 1.87 bits per heavy atom. The zero-order chi connectivity index (χ0) is 16.2. The number of rotatable bonds is 1. The number of fused-ring (bicyclic) bond motifs is 2. The van der Waals surface area contributed by atoms with Crippen molar-refractivity contribution in [2.24, 2.45) is 0 Å². The molecule has 0 saturated heterocycles. The molecule has 0 bridgehead atoms. The fourth-order valence-electron chi connectivity index (χ4n) is 2.68. The summed E-state index contributed by atoms with van der Waals surface area (Å²) in [4.78, 5) is 11.5. The molecule has 4 rings (SSSR count). The van der Waals surface area contributed by atoms with Gasteiger partial charge in [-0.15, -0.1) is 8.78 Å². The Morgan fingerprint density at radius 1 is 1.09 bits per heavy atom. The molecule has 0 aromatic heterocycles. The third-order valence-corrected chi connectivity index (χ3v) is 3.63. The van der Waals surface area contributed by atoms with Gasteiger partial charge >= 0.3 is 6.29 Å². The normalized spacial score (nSPS) is 17.3. The Morgan fingerprint density at radius 3 is 2.70 bits per heavy atom. The molecule has 0 radical (unpaired) electrons. The van der Waals surface area contributed by atoms with Crippen molar-refractivity contribution in [1.29, 1.82) is 0 Å². The molecule has 118 valence electrons. The second kappa shape index (κ2) is 4.58. The maximum Gasteiger partial charge on any atom is 0.586 e. The molecule has 5 nitrogen and oxygen atoms in total. The van der Waals surface area contributed by atoms with Crippen LogP contribution in [0.2, 0.25) is 0 Å². The lowest BCUT2D eigenvalue weighted by atomic mass is 10.0. The van der Waals surface area contributed by atoms with Gasteiger partial charge in [-0.1, -0.05) is 6.07 Å². The van der Waals surface area contributed by atoms with Gasteiger partial charge in [-0.05, 0) is 47.9 Å². The average molecular weight is 319 g/mol. The number of benzene rings is 2. The summed E-state index contributed by atoms with van der Waals surface area (Å²) < 4.78 is 40.4. The first-order valence-electron chi connectivity index (χ1n) is 6.89. The predicted octanol–water partition coefficient (Wildman–Crippen LogP) is 3.31. The van der Waals surface area contributed by atoms with Crippen molar-refractivity contribution in [3.63, 3.8) is 0 Å². The van der Waals surface area contributed by atoms with E-state index in [-0.39, 0.29) is 24.0 Å². The summed E-state index contributed by atoms with van der Waals surface area (Å²) in [5, 5.41) is 2.74. The second-order valence-corrected chi connectivity index (χ2v) is 5.34. The first-order valence-corrected chi connectivity index (χ1v) is 6.89. The van der Waals surface area contributed by atoms with Crippen molar-refractivity contribution < 1.29 is 27.8 Å². The Labute approximate surface area is 129 Å². The molecule has 1 N–H and O–H groups in total. The quantitative estimate of drug-likeness (QED) is 0.876. The fourth-order valence-corrected chi connectivity index (χ4v) is 2.68. The van der Waals surface area contributed by atoms with Gasteiger partial charge in [-0.25, -0.2) is 0 Å². The highest BCUT2D eigenvalue weighted by Gasteiger charge is 2.43. The van der Waals surface area contributed by atoms with Crippen LogP contribution in [0.15, 0.2) is 30.3 Å². The lowest BCUT2D eigenvalue weighted by molar-refractivity contribution is -0.286. The molecule has 0 aliphatic carbocycles. The number of hydrogen-bond donors (Lipinski definition) is 1. The van der Waals surface area contributed by atoms with Crippen LogP contribution < -0.4 is 19.5 Å². The zero-order valence-corrected chi connectivity index (χ0v) is 12.0.